The molecular weight excluding hydrogens is 250 g/mol. The van der Waals surface area contributed by atoms with E-state index >= 15 is 0 Å². The topological polar surface area (TPSA) is 64.1 Å². The predicted octanol–water partition coefficient (Wildman–Crippen LogP) is 1.85. The molecule has 1 heterocycles. The van der Waals surface area contributed by atoms with Crippen LogP contribution in [0.15, 0.2) is 36.5 Å². The molecule has 94 valence electrons. The van der Waals surface area contributed by atoms with Crippen LogP contribution in [0.4, 0.5) is 0 Å². The Morgan fingerprint density at radius 1 is 1.22 bits per heavy atom. The maximum Gasteiger partial charge on any atom is 0.164 e. The maximum atomic E-state index is 12.0. The summed E-state index contributed by atoms with van der Waals surface area (Å²) in [4.78, 5) is 16.2. The molecule has 0 amide bonds. The number of rotatable bonds is 4. The number of benzene rings is 1. The van der Waals surface area contributed by atoms with Gasteiger partial charge in [0, 0.05) is 29.8 Å². The zero-order valence-electron chi connectivity index (χ0n) is 9.96. The summed E-state index contributed by atoms with van der Waals surface area (Å²) in [5.41, 5.74) is 1.27. The quantitative estimate of drug-likeness (QED) is 0.790. The number of hydrogen-bond donors (Lipinski definition) is 0. The number of nitrogens with zero attached hydrogens (tertiary/aromatic N) is 1. The van der Waals surface area contributed by atoms with Gasteiger partial charge in [0.25, 0.3) is 0 Å². The van der Waals surface area contributed by atoms with E-state index in [4.69, 9.17) is 0 Å². The average Bonchev–Trinajstić information content (AvgIpc) is 2.34. The smallest absolute Gasteiger partial charge is 0.164 e. The number of pyridine rings is 1. The number of hydrogen-bond acceptors (Lipinski definition) is 4. The molecule has 2 rings (SSSR count). The highest BCUT2D eigenvalue weighted by Crippen LogP contribution is 2.18. The molecule has 0 unspecified atom stereocenters. The Kier molecular flexibility index (Phi) is 3.43. The summed E-state index contributed by atoms with van der Waals surface area (Å²) < 4.78 is 22.1. The SMILES string of the molecule is CS(=O)(=O)CCC(=O)c1cccc2ncccc12. The summed E-state index contributed by atoms with van der Waals surface area (Å²) in [5, 5.41) is 0.763. The lowest BCUT2D eigenvalue weighted by Crippen LogP contribution is -2.10. The number of carbonyl (C=O) groups is 1. The van der Waals surface area contributed by atoms with E-state index < -0.39 is 9.84 Å². The fourth-order valence-electron chi connectivity index (χ4n) is 1.76. The van der Waals surface area contributed by atoms with Gasteiger partial charge in [-0.25, -0.2) is 8.42 Å². The van der Waals surface area contributed by atoms with E-state index in [1.807, 2.05) is 12.1 Å². The fraction of sp³-hybridized carbons (Fsp3) is 0.231. The van der Waals surface area contributed by atoms with Gasteiger partial charge in [-0.15, -0.1) is 0 Å². The highest BCUT2D eigenvalue weighted by molar-refractivity contribution is 7.90. The number of aromatic nitrogens is 1. The van der Waals surface area contributed by atoms with Crippen LogP contribution in [0.2, 0.25) is 0 Å². The molecule has 0 aliphatic rings. The molecule has 0 spiro atoms. The Labute approximate surface area is 106 Å². The monoisotopic (exact) mass is 263 g/mol. The lowest BCUT2D eigenvalue weighted by Gasteiger charge is -2.04. The molecule has 0 bridgehead atoms. The van der Waals surface area contributed by atoms with Crippen LogP contribution in [0.25, 0.3) is 10.9 Å². The minimum absolute atomic E-state index is 0.00679. The minimum atomic E-state index is -3.12. The maximum absolute atomic E-state index is 12.0. The first kappa shape index (κ1) is 12.7. The van der Waals surface area contributed by atoms with Gasteiger partial charge in [0.2, 0.25) is 0 Å². The second kappa shape index (κ2) is 4.86. The van der Waals surface area contributed by atoms with Gasteiger partial charge in [-0.05, 0) is 12.1 Å². The molecule has 0 radical (unpaired) electrons. The molecule has 0 fully saturated rings. The second-order valence-corrected chi connectivity index (χ2v) is 6.44. The largest absolute Gasteiger partial charge is 0.294 e. The first-order chi connectivity index (χ1) is 8.47. The second-order valence-electron chi connectivity index (χ2n) is 4.18. The third-order valence-corrected chi connectivity index (χ3v) is 3.59. The van der Waals surface area contributed by atoms with Crippen molar-refractivity contribution in [2.24, 2.45) is 0 Å². The molecule has 4 nitrogen and oxygen atoms in total. The van der Waals surface area contributed by atoms with Crippen LogP contribution in [0.5, 0.6) is 0 Å². The molecule has 0 N–H and O–H groups in total. The Morgan fingerprint density at radius 3 is 2.72 bits per heavy atom. The molecule has 0 saturated carbocycles. The standard InChI is InChI=1S/C13H13NO3S/c1-18(16,17)9-7-13(15)11-4-2-6-12-10(11)5-3-8-14-12/h2-6,8H,7,9H2,1H3. The lowest BCUT2D eigenvalue weighted by atomic mass is 10.0. The molecule has 5 heteroatoms. The van der Waals surface area contributed by atoms with Crippen molar-refractivity contribution in [3.63, 3.8) is 0 Å². The summed E-state index contributed by atoms with van der Waals surface area (Å²) in [5.74, 6) is -0.290. The first-order valence-electron chi connectivity index (χ1n) is 5.52. The summed E-state index contributed by atoms with van der Waals surface area (Å²) in [7, 11) is -3.12. The van der Waals surface area contributed by atoms with Crippen molar-refractivity contribution in [1.82, 2.24) is 4.98 Å². The molecule has 0 aliphatic carbocycles. The zero-order valence-corrected chi connectivity index (χ0v) is 10.8. The molecule has 0 atom stereocenters. The average molecular weight is 263 g/mol. The van der Waals surface area contributed by atoms with Crippen LogP contribution in [0.1, 0.15) is 16.8 Å². The van der Waals surface area contributed by atoms with E-state index in [1.165, 1.54) is 0 Å². The number of fused-ring (bicyclic) bond motifs is 1. The summed E-state index contributed by atoms with van der Waals surface area (Å²) in [6, 6.07) is 8.85. The van der Waals surface area contributed by atoms with Gasteiger partial charge in [0.1, 0.15) is 9.84 Å². The van der Waals surface area contributed by atoms with Crippen LogP contribution in [0, 0.1) is 0 Å². The van der Waals surface area contributed by atoms with E-state index in [0.717, 1.165) is 17.2 Å². The molecule has 18 heavy (non-hydrogen) atoms. The van der Waals surface area contributed by atoms with Crippen molar-refractivity contribution in [3.05, 3.63) is 42.1 Å². The van der Waals surface area contributed by atoms with Crippen LogP contribution < -0.4 is 0 Å². The van der Waals surface area contributed by atoms with Gasteiger partial charge in [0.15, 0.2) is 5.78 Å². The van der Waals surface area contributed by atoms with E-state index in [2.05, 4.69) is 4.98 Å². The predicted molar refractivity (Wildman–Crippen MR) is 70.4 cm³/mol. The molecular formula is C13H13NO3S. The van der Waals surface area contributed by atoms with Gasteiger partial charge < -0.3 is 0 Å². The van der Waals surface area contributed by atoms with Gasteiger partial charge in [0.05, 0.1) is 11.3 Å². The summed E-state index contributed by atoms with van der Waals surface area (Å²) in [6.45, 7) is 0. The van der Waals surface area contributed by atoms with Crippen LogP contribution >= 0.6 is 0 Å². The van der Waals surface area contributed by atoms with E-state index in [-0.39, 0.29) is 18.0 Å². The highest BCUT2D eigenvalue weighted by Gasteiger charge is 2.12. The van der Waals surface area contributed by atoms with Crippen molar-refractivity contribution < 1.29 is 13.2 Å². The van der Waals surface area contributed by atoms with E-state index in [1.54, 1.807) is 24.4 Å². The third kappa shape index (κ3) is 2.92. The van der Waals surface area contributed by atoms with Crippen LogP contribution in [0.3, 0.4) is 0 Å². The fourth-order valence-corrected chi connectivity index (χ4v) is 2.32. The third-order valence-electron chi connectivity index (χ3n) is 2.65. The van der Waals surface area contributed by atoms with Crippen molar-refractivity contribution in [3.8, 4) is 0 Å². The normalized spacial score (nSPS) is 11.6. The van der Waals surface area contributed by atoms with Gasteiger partial charge in [-0.1, -0.05) is 18.2 Å². The van der Waals surface area contributed by atoms with Crippen LogP contribution in [-0.2, 0) is 9.84 Å². The molecule has 0 saturated heterocycles. The summed E-state index contributed by atoms with van der Waals surface area (Å²) >= 11 is 0. The Morgan fingerprint density at radius 2 is 2.00 bits per heavy atom. The Balaban J connectivity index is 2.34. The van der Waals surface area contributed by atoms with E-state index in [9.17, 15) is 13.2 Å². The van der Waals surface area contributed by atoms with Gasteiger partial charge >= 0.3 is 0 Å². The molecule has 1 aromatic heterocycles. The van der Waals surface area contributed by atoms with Crippen molar-refractivity contribution in [1.29, 1.82) is 0 Å². The number of carbonyl (C=O) groups excluding carboxylic acids is 1. The van der Waals surface area contributed by atoms with Gasteiger partial charge in [-0.3, -0.25) is 9.78 Å². The zero-order chi connectivity index (χ0) is 13.2. The first-order valence-corrected chi connectivity index (χ1v) is 7.58. The Hall–Kier alpha value is -1.75. The summed E-state index contributed by atoms with van der Waals surface area (Å²) in [6.07, 6.45) is 2.80. The highest BCUT2D eigenvalue weighted by atomic mass is 32.2. The van der Waals surface area contributed by atoms with Crippen LogP contribution in [-0.4, -0.2) is 31.2 Å². The number of sulfone groups is 1. The van der Waals surface area contributed by atoms with Crippen molar-refractivity contribution in [2.45, 2.75) is 6.42 Å². The van der Waals surface area contributed by atoms with Crippen molar-refractivity contribution >= 4 is 26.5 Å². The van der Waals surface area contributed by atoms with E-state index in [0.29, 0.717) is 5.56 Å². The molecule has 2 aromatic rings. The van der Waals surface area contributed by atoms with Gasteiger partial charge in [-0.2, -0.15) is 0 Å². The minimum Gasteiger partial charge on any atom is -0.294 e. The van der Waals surface area contributed by atoms with Crippen molar-refractivity contribution in [2.75, 3.05) is 12.0 Å². The number of Topliss-reactive ketones (excluding diaryl/α,β-unsaturated/α-hetero) is 1. The molecule has 1 aromatic carbocycles. The number of ketones is 1. The Bertz CT molecular complexity index is 687. The molecule has 0 aliphatic heterocycles. The lowest BCUT2D eigenvalue weighted by molar-refractivity contribution is 0.0990.